The fourth-order valence-corrected chi connectivity index (χ4v) is 1.54. The van der Waals surface area contributed by atoms with E-state index in [2.05, 4.69) is 15.5 Å². The topological polar surface area (TPSA) is 51.0 Å². The van der Waals surface area contributed by atoms with E-state index in [1.54, 1.807) is 6.07 Å². The van der Waals surface area contributed by atoms with E-state index in [4.69, 9.17) is 4.52 Å². The van der Waals surface area contributed by atoms with Crippen LogP contribution in [-0.2, 0) is 6.54 Å². The van der Waals surface area contributed by atoms with E-state index in [-0.39, 0.29) is 5.82 Å². The molecule has 17 heavy (non-hydrogen) atoms. The number of nitrogens with zero attached hydrogens (tertiary/aromatic N) is 2. The molecule has 1 heterocycles. The molecule has 0 fully saturated rings. The molecule has 0 bridgehead atoms. The summed E-state index contributed by atoms with van der Waals surface area (Å²) in [7, 11) is 0. The molecule has 0 saturated carbocycles. The van der Waals surface area contributed by atoms with E-state index in [0.717, 1.165) is 17.7 Å². The van der Waals surface area contributed by atoms with Gasteiger partial charge in [0.15, 0.2) is 5.82 Å². The number of rotatable bonds is 4. The molecule has 0 saturated heterocycles. The summed E-state index contributed by atoms with van der Waals surface area (Å²) >= 11 is 0. The number of benzene rings is 1. The van der Waals surface area contributed by atoms with E-state index < -0.39 is 0 Å². The number of nitrogens with one attached hydrogen (secondary N) is 1. The van der Waals surface area contributed by atoms with E-state index in [1.165, 1.54) is 12.1 Å². The van der Waals surface area contributed by atoms with Crippen molar-refractivity contribution in [3.05, 3.63) is 35.4 Å². The largest absolute Gasteiger partial charge is 0.334 e. The molecule has 5 heteroatoms. The lowest BCUT2D eigenvalue weighted by atomic mass is 10.1. The van der Waals surface area contributed by atoms with Gasteiger partial charge in [-0.15, -0.1) is 0 Å². The Bertz CT molecular complexity index is 510. The molecule has 4 nitrogen and oxygen atoms in total. The molecule has 0 aliphatic rings. The van der Waals surface area contributed by atoms with Crippen LogP contribution >= 0.6 is 0 Å². The number of hydrogen-bond acceptors (Lipinski definition) is 4. The van der Waals surface area contributed by atoms with Crippen LogP contribution in [-0.4, -0.2) is 16.7 Å². The predicted molar refractivity (Wildman–Crippen MR) is 61.8 cm³/mol. The lowest BCUT2D eigenvalue weighted by Gasteiger charge is -1.99. The average Bonchev–Trinajstić information content (AvgIpc) is 2.75. The smallest absolute Gasteiger partial charge is 0.258 e. The van der Waals surface area contributed by atoms with Crippen LogP contribution in [0, 0.1) is 12.7 Å². The first kappa shape index (κ1) is 11.7. The van der Waals surface area contributed by atoms with Gasteiger partial charge >= 0.3 is 0 Å². The van der Waals surface area contributed by atoms with E-state index >= 15 is 0 Å². The van der Waals surface area contributed by atoms with Crippen molar-refractivity contribution < 1.29 is 8.91 Å². The van der Waals surface area contributed by atoms with Crippen molar-refractivity contribution >= 4 is 0 Å². The molecule has 0 unspecified atom stereocenters. The van der Waals surface area contributed by atoms with Gasteiger partial charge < -0.3 is 9.84 Å². The highest BCUT2D eigenvalue weighted by molar-refractivity contribution is 5.57. The lowest BCUT2D eigenvalue weighted by Crippen LogP contribution is -2.12. The first-order valence-electron chi connectivity index (χ1n) is 5.50. The zero-order valence-electron chi connectivity index (χ0n) is 9.83. The molecule has 0 aliphatic carbocycles. The van der Waals surface area contributed by atoms with Gasteiger partial charge in [0.1, 0.15) is 5.82 Å². The van der Waals surface area contributed by atoms with Gasteiger partial charge in [0.25, 0.3) is 5.89 Å². The fraction of sp³-hybridized carbons (Fsp3) is 0.333. The predicted octanol–water partition coefficient (Wildman–Crippen LogP) is 2.29. The molecule has 1 N–H and O–H groups in total. The van der Waals surface area contributed by atoms with Gasteiger partial charge in [-0.2, -0.15) is 4.98 Å². The van der Waals surface area contributed by atoms with Crippen LogP contribution in [0.25, 0.3) is 11.5 Å². The van der Waals surface area contributed by atoms with Crippen LogP contribution in [0.5, 0.6) is 0 Å². The van der Waals surface area contributed by atoms with Crippen LogP contribution < -0.4 is 5.32 Å². The highest BCUT2D eigenvalue weighted by atomic mass is 19.1. The maximum Gasteiger partial charge on any atom is 0.258 e. The van der Waals surface area contributed by atoms with Gasteiger partial charge in [-0.05, 0) is 37.2 Å². The summed E-state index contributed by atoms with van der Waals surface area (Å²) in [6, 6.07) is 4.48. The molecule has 90 valence electrons. The second-order valence-corrected chi connectivity index (χ2v) is 3.76. The summed E-state index contributed by atoms with van der Waals surface area (Å²) in [4.78, 5) is 4.25. The number of aromatic nitrogens is 2. The minimum atomic E-state index is -0.265. The fourth-order valence-electron chi connectivity index (χ4n) is 1.54. The summed E-state index contributed by atoms with van der Waals surface area (Å²) in [5, 5.41) is 6.96. The minimum Gasteiger partial charge on any atom is -0.334 e. The first-order chi connectivity index (χ1) is 8.20. The number of hydrogen-bond donors (Lipinski definition) is 1. The summed E-state index contributed by atoms with van der Waals surface area (Å²) in [6.45, 7) is 5.23. The lowest BCUT2D eigenvalue weighted by molar-refractivity contribution is 0.419. The molecule has 0 atom stereocenters. The summed E-state index contributed by atoms with van der Waals surface area (Å²) in [6.07, 6.45) is 0. The highest BCUT2D eigenvalue weighted by Crippen LogP contribution is 2.22. The van der Waals surface area contributed by atoms with Crippen LogP contribution in [0.4, 0.5) is 4.39 Å². The van der Waals surface area contributed by atoms with Crippen LogP contribution in [0.2, 0.25) is 0 Å². The van der Waals surface area contributed by atoms with E-state index in [9.17, 15) is 4.39 Å². The van der Waals surface area contributed by atoms with Gasteiger partial charge in [-0.3, -0.25) is 0 Å². The Morgan fingerprint density at radius 1 is 1.41 bits per heavy atom. The monoisotopic (exact) mass is 235 g/mol. The molecule has 1 aromatic heterocycles. The third-order valence-corrected chi connectivity index (χ3v) is 2.42. The van der Waals surface area contributed by atoms with E-state index in [1.807, 2.05) is 13.8 Å². The Morgan fingerprint density at radius 3 is 2.94 bits per heavy atom. The third-order valence-electron chi connectivity index (χ3n) is 2.42. The molecule has 0 spiro atoms. The summed E-state index contributed by atoms with van der Waals surface area (Å²) < 4.78 is 18.1. The Labute approximate surface area is 98.8 Å². The zero-order valence-corrected chi connectivity index (χ0v) is 9.83. The van der Waals surface area contributed by atoms with Gasteiger partial charge in [0, 0.05) is 5.56 Å². The summed E-state index contributed by atoms with van der Waals surface area (Å²) in [5.74, 6) is 0.764. The van der Waals surface area contributed by atoms with Gasteiger partial charge in [0.2, 0.25) is 0 Å². The Morgan fingerprint density at radius 2 is 2.24 bits per heavy atom. The van der Waals surface area contributed by atoms with Crippen molar-refractivity contribution in [1.29, 1.82) is 0 Å². The van der Waals surface area contributed by atoms with Crippen LogP contribution in [0.15, 0.2) is 22.7 Å². The molecule has 0 radical (unpaired) electrons. The first-order valence-corrected chi connectivity index (χ1v) is 5.50. The van der Waals surface area contributed by atoms with Crippen molar-refractivity contribution in [2.75, 3.05) is 6.54 Å². The Balaban J connectivity index is 2.24. The third kappa shape index (κ3) is 2.68. The van der Waals surface area contributed by atoms with Gasteiger partial charge in [0.05, 0.1) is 6.54 Å². The highest BCUT2D eigenvalue weighted by Gasteiger charge is 2.11. The van der Waals surface area contributed by atoms with Crippen molar-refractivity contribution in [2.24, 2.45) is 0 Å². The molecule has 2 rings (SSSR count). The average molecular weight is 235 g/mol. The minimum absolute atomic E-state index is 0.265. The van der Waals surface area contributed by atoms with Crippen molar-refractivity contribution in [2.45, 2.75) is 20.4 Å². The Kier molecular flexibility index (Phi) is 3.49. The van der Waals surface area contributed by atoms with Crippen LogP contribution in [0.1, 0.15) is 18.3 Å². The SMILES string of the molecule is CCNCc1noc(-c2ccc(F)cc2C)n1. The van der Waals surface area contributed by atoms with Crippen molar-refractivity contribution in [1.82, 2.24) is 15.5 Å². The maximum absolute atomic E-state index is 13.0. The van der Waals surface area contributed by atoms with Crippen molar-refractivity contribution in [3.8, 4) is 11.5 Å². The molecule has 1 aromatic carbocycles. The second kappa shape index (κ2) is 5.05. The molecule has 2 aromatic rings. The quantitative estimate of drug-likeness (QED) is 0.883. The zero-order chi connectivity index (χ0) is 12.3. The van der Waals surface area contributed by atoms with E-state index in [0.29, 0.717) is 18.3 Å². The normalized spacial score (nSPS) is 10.8. The Hall–Kier alpha value is -1.75. The molecule has 0 aliphatic heterocycles. The van der Waals surface area contributed by atoms with Crippen molar-refractivity contribution in [3.63, 3.8) is 0 Å². The molecular formula is C12H14FN3O. The number of aryl methyl sites for hydroxylation is 1. The van der Waals surface area contributed by atoms with Crippen LogP contribution in [0.3, 0.4) is 0 Å². The van der Waals surface area contributed by atoms with Gasteiger partial charge in [-0.1, -0.05) is 12.1 Å². The summed E-state index contributed by atoms with van der Waals surface area (Å²) in [5.41, 5.74) is 1.55. The maximum atomic E-state index is 13.0. The molecular weight excluding hydrogens is 221 g/mol. The number of halogens is 1. The standard InChI is InChI=1S/C12H14FN3O/c1-3-14-7-11-15-12(17-16-11)10-5-4-9(13)6-8(10)2/h4-6,14H,3,7H2,1-2H3. The molecule has 0 amide bonds. The second-order valence-electron chi connectivity index (χ2n) is 3.76. The van der Waals surface area contributed by atoms with Gasteiger partial charge in [-0.25, -0.2) is 4.39 Å².